The van der Waals surface area contributed by atoms with E-state index in [2.05, 4.69) is 26.5 Å². The van der Waals surface area contributed by atoms with Crippen molar-refractivity contribution in [3.05, 3.63) is 71.2 Å². The number of anilines is 1. The zero-order chi connectivity index (χ0) is 23.4. The van der Waals surface area contributed by atoms with E-state index in [4.69, 9.17) is 9.47 Å². The van der Waals surface area contributed by atoms with Crippen molar-refractivity contribution in [2.24, 2.45) is 0 Å². The summed E-state index contributed by atoms with van der Waals surface area (Å²) in [5.41, 5.74) is 2.51. The average Bonchev–Trinajstić information content (AvgIpc) is 2.84. The molecule has 2 aromatic rings. The van der Waals surface area contributed by atoms with Crippen LogP contribution in [0.4, 0.5) is 14.9 Å². The molecule has 33 heavy (non-hydrogen) atoms. The quantitative estimate of drug-likeness (QED) is 0.653. The van der Waals surface area contributed by atoms with Crippen molar-refractivity contribution in [2.45, 2.75) is 6.04 Å². The van der Waals surface area contributed by atoms with Gasteiger partial charge in [-0.2, -0.15) is 0 Å². The van der Waals surface area contributed by atoms with E-state index in [0.717, 1.165) is 37.6 Å². The van der Waals surface area contributed by atoms with Gasteiger partial charge in [0.1, 0.15) is 11.6 Å². The van der Waals surface area contributed by atoms with E-state index in [0.29, 0.717) is 23.4 Å². The minimum absolute atomic E-state index is 0.318. The number of urea groups is 1. The Morgan fingerprint density at radius 2 is 1.82 bits per heavy atom. The summed E-state index contributed by atoms with van der Waals surface area (Å²) in [6, 6.07) is 12.5. The van der Waals surface area contributed by atoms with E-state index in [1.165, 1.54) is 19.2 Å². The van der Waals surface area contributed by atoms with Gasteiger partial charge in [-0.3, -0.25) is 4.90 Å². The number of benzene rings is 2. The summed E-state index contributed by atoms with van der Waals surface area (Å²) < 4.78 is 23.8. The second-order valence-corrected chi connectivity index (χ2v) is 7.93. The number of esters is 1. The summed E-state index contributed by atoms with van der Waals surface area (Å²) in [4.78, 5) is 29.5. The van der Waals surface area contributed by atoms with Crippen molar-refractivity contribution in [1.29, 1.82) is 0 Å². The lowest BCUT2D eigenvalue weighted by Gasteiger charge is -2.38. The summed E-state index contributed by atoms with van der Waals surface area (Å²) in [7, 11) is 2.95. The van der Waals surface area contributed by atoms with Gasteiger partial charge in [0.2, 0.25) is 0 Å². The number of halogens is 1. The SMILES string of the molecule is COC(=O)C1=C(CN2CCN(c3cccc(OC)c3)CC2)NC(=O)N[C@H]1c1ccc(F)cc1. The molecule has 2 aromatic carbocycles. The number of nitrogens with one attached hydrogen (secondary N) is 2. The van der Waals surface area contributed by atoms with Gasteiger partial charge < -0.3 is 25.0 Å². The van der Waals surface area contributed by atoms with Gasteiger partial charge in [0, 0.05) is 50.2 Å². The fraction of sp³-hybridized carbons (Fsp3) is 0.333. The number of amides is 2. The van der Waals surface area contributed by atoms with Crippen LogP contribution in [0.5, 0.6) is 5.75 Å². The summed E-state index contributed by atoms with van der Waals surface area (Å²) in [6.07, 6.45) is 0. The molecule has 0 radical (unpaired) electrons. The first-order valence-corrected chi connectivity index (χ1v) is 10.7. The van der Waals surface area contributed by atoms with Gasteiger partial charge in [-0.15, -0.1) is 0 Å². The molecule has 1 saturated heterocycles. The number of hydrogen-bond acceptors (Lipinski definition) is 6. The predicted octanol–water partition coefficient (Wildman–Crippen LogP) is 2.44. The van der Waals surface area contributed by atoms with Crippen LogP contribution in [0.3, 0.4) is 0 Å². The molecule has 174 valence electrons. The lowest BCUT2D eigenvalue weighted by Crippen LogP contribution is -2.51. The Balaban J connectivity index is 1.52. The summed E-state index contributed by atoms with van der Waals surface area (Å²) in [5.74, 6) is -0.120. The lowest BCUT2D eigenvalue weighted by atomic mass is 9.95. The third-order valence-corrected chi connectivity index (χ3v) is 5.93. The molecule has 1 atom stereocenters. The van der Waals surface area contributed by atoms with Crippen LogP contribution in [-0.4, -0.2) is 63.8 Å². The van der Waals surface area contributed by atoms with E-state index in [1.54, 1.807) is 19.2 Å². The Morgan fingerprint density at radius 1 is 1.09 bits per heavy atom. The van der Waals surface area contributed by atoms with Crippen molar-refractivity contribution in [2.75, 3.05) is 51.8 Å². The van der Waals surface area contributed by atoms with Crippen LogP contribution in [0.1, 0.15) is 11.6 Å². The Bertz CT molecular complexity index is 1050. The molecule has 8 nitrogen and oxygen atoms in total. The molecule has 0 spiro atoms. The molecule has 2 aliphatic heterocycles. The Kier molecular flexibility index (Phi) is 6.79. The van der Waals surface area contributed by atoms with Gasteiger partial charge >= 0.3 is 12.0 Å². The third-order valence-electron chi connectivity index (χ3n) is 5.93. The number of nitrogens with zero attached hydrogens (tertiary/aromatic N) is 2. The van der Waals surface area contributed by atoms with Gasteiger partial charge in [0.25, 0.3) is 0 Å². The van der Waals surface area contributed by atoms with Crippen molar-refractivity contribution in [3.8, 4) is 5.75 Å². The second-order valence-electron chi connectivity index (χ2n) is 7.93. The van der Waals surface area contributed by atoms with Crippen LogP contribution in [0.15, 0.2) is 59.8 Å². The third kappa shape index (κ3) is 5.09. The highest BCUT2D eigenvalue weighted by Gasteiger charge is 2.34. The molecule has 4 rings (SSSR count). The van der Waals surface area contributed by atoms with Crippen LogP contribution >= 0.6 is 0 Å². The highest BCUT2D eigenvalue weighted by molar-refractivity contribution is 5.95. The summed E-state index contributed by atoms with van der Waals surface area (Å²) >= 11 is 0. The molecule has 1 fully saturated rings. The Morgan fingerprint density at radius 3 is 2.48 bits per heavy atom. The molecular weight excluding hydrogens is 427 g/mol. The number of ether oxygens (including phenoxy) is 2. The zero-order valence-corrected chi connectivity index (χ0v) is 18.6. The highest BCUT2D eigenvalue weighted by atomic mass is 19.1. The average molecular weight is 455 g/mol. The maximum Gasteiger partial charge on any atom is 0.338 e. The normalized spacial score (nSPS) is 19.1. The standard InChI is InChI=1S/C24H27FN4O4/c1-32-19-5-3-4-18(14-19)29-12-10-28(11-13-29)15-20-21(23(30)33-2)22(27-24(31)26-20)16-6-8-17(25)9-7-16/h3-9,14,22H,10-13,15H2,1-2H3,(H2,26,27,31)/t22-/m0/s1. The smallest absolute Gasteiger partial charge is 0.338 e. The van der Waals surface area contributed by atoms with Crippen molar-refractivity contribution in [3.63, 3.8) is 0 Å². The van der Waals surface area contributed by atoms with Gasteiger partial charge in [0.05, 0.1) is 25.8 Å². The highest BCUT2D eigenvalue weighted by Crippen LogP contribution is 2.29. The van der Waals surface area contributed by atoms with E-state index in [-0.39, 0.29) is 0 Å². The molecule has 0 bridgehead atoms. The van der Waals surface area contributed by atoms with Crippen molar-refractivity contribution in [1.82, 2.24) is 15.5 Å². The fourth-order valence-corrected chi connectivity index (χ4v) is 4.19. The van der Waals surface area contributed by atoms with E-state index < -0.39 is 23.9 Å². The number of carbonyl (C=O) groups is 2. The van der Waals surface area contributed by atoms with Gasteiger partial charge in [-0.25, -0.2) is 14.0 Å². The van der Waals surface area contributed by atoms with Crippen LogP contribution in [0.2, 0.25) is 0 Å². The topological polar surface area (TPSA) is 83.1 Å². The largest absolute Gasteiger partial charge is 0.497 e. The molecule has 2 N–H and O–H groups in total. The van der Waals surface area contributed by atoms with E-state index >= 15 is 0 Å². The summed E-state index contributed by atoms with van der Waals surface area (Å²) in [6.45, 7) is 3.48. The number of carbonyl (C=O) groups excluding carboxylic acids is 2. The first-order chi connectivity index (χ1) is 16.0. The van der Waals surface area contributed by atoms with Crippen LogP contribution in [-0.2, 0) is 9.53 Å². The number of methoxy groups -OCH3 is 2. The van der Waals surface area contributed by atoms with Crippen molar-refractivity contribution < 1.29 is 23.5 Å². The van der Waals surface area contributed by atoms with Crippen LogP contribution < -0.4 is 20.3 Å². The molecule has 2 aliphatic rings. The van der Waals surface area contributed by atoms with Crippen LogP contribution in [0, 0.1) is 5.82 Å². The Hall–Kier alpha value is -3.59. The second kappa shape index (κ2) is 9.91. The number of piperazine rings is 1. The molecule has 0 unspecified atom stereocenters. The van der Waals surface area contributed by atoms with Gasteiger partial charge in [-0.1, -0.05) is 18.2 Å². The predicted molar refractivity (Wildman–Crippen MR) is 121 cm³/mol. The van der Waals surface area contributed by atoms with Gasteiger partial charge in [0.15, 0.2) is 0 Å². The molecule has 0 aliphatic carbocycles. The molecule has 0 aromatic heterocycles. The molecule has 2 amide bonds. The van der Waals surface area contributed by atoms with Gasteiger partial charge in [-0.05, 0) is 29.8 Å². The first kappa shape index (κ1) is 22.6. The summed E-state index contributed by atoms with van der Waals surface area (Å²) in [5, 5.41) is 5.54. The van der Waals surface area contributed by atoms with Crippen LogP contribution in [0.25, 0.3) is 0 Å². The van der Waals surface area contributed by atoms with Crippen molar-refractivity contribution >= 4 is 17.7 Å². The van der Waals surface area contributed by atoms with E-state index in [9.17, 15) is 14.0 Å². The molecule has 2 heterocycles. The monoisotopic (exact) mass is 454 g/mol. The number of hydrogen-bond donors (Lipinski definition) is 2. The Labute approximate surface area is 192 Å². The number of rotatable bonds is 6. The fourth-order valence-electron chi connectivity index (χ4n) is 4.19. The zero-order valence-electron chi connectivity index (χ0n) is 18.6. The maximum absolute atomic E-state index is 13.4. The molecule has 0 saturated carbocycles. The minimum atomic E-state index is -0.722. The lowest BCUT2D eigenvalue weighted by molar-refractivity contribution is -0.136. The molecule has 9 heteroatoms. The first-order valence-electron chi connectivity index (χ1n) is 10.7. The maximum atomic E-state index is 13.4. The van der Waals surface area contributed by atoms with E-state index in [1.807, 2.05) is 18.2 Å². The minimum Gasteiger partial charge on any atom is -0.497 e. The molecular formula is C24H27FN4O4.